The minimum atomic E-state index is -1.000. The van der Waals surface area contributed by atoms with E-state index in [9.17, 15) is 8.78 Å². The van der Waals surface area contributed by atoms with Crippen LogP contribution in [0.1, 0.15) is 51.2 Å². The zero-order valence-electron chi connectivity index (χ0n) is 20.2. The van der Waals surface area contributed by atoms with E-state index in [2.05, 4.69) is 12.2 Å². The number of benzene rings is 3. The Bertz CT molecular complexity index is 1160. The minimum Gasteiger partial charge on any atom is -0.491 e. The average Bonchev–Trinajstić information content (AvgIpc) is 2.88. The zero-order chi connectivity index (χ0) is 24.8. The van der Waals surface area contributed by atoms with Crippen molar-refractivity contribution in [3.8, 4) is 28.0 Å². The summed E-state index contributed by atoms with van der Waals surface area (Å²) in [7, 11) is 0. The van der Waals surface area contributed by atoms with Crippen LogP contribution in [-0.4, -0.2) is 13.2 Å². The molecule has 2 nitrogen and oxygen atoms in total. The van der Waals surface area contributed by atoms with Gasteiger partial charge in [0.1, 0.15) is 5.82 Å². The predicted molar refractivity (Wildman–Crippen MR) is 134 cm³/mol. The topological polar surface area (TPSA) is 18.5 Å². The largest absolute Gasteiger partial charge is 0.491 e. The van der Waals surface area contributed by atoms with Crippen LogP contribution in [0, 0.1) is 23.4 Å². The van der Waals surface area contributed by atoms with Crippen LogP contribution in [-0.2, 0) is 4.74 Å². The summed E-state index contributed by atoms with van der Waals surface area (Å²) in [6, 6.07) is 15.1. The van der Waals surface area contributed by atoms with Crippen LogP contribution < -0.4 is 4.74 Å². The quantitative estimate of drug-likeness (QED) is 0.300. The Balaban J connectivity index is 1.45. The fraction of sp³-hybridized carbons (Fsp3) is 0.333. The maximum atomic E-state index is 15.0. The highest BCUT2D eigenvalue weighted by atomic mass is 19.2. The standard InChI is InChI=1S/C30H31F3O2/c1-3-5-6-7-20-8-16-27(35-19-20)25-14-13-23(18-26(25)31)21-9-11-22(12-10-21)24-15-17-28(34-4-2)30(33)29(24)32/h3,5,9-15,17-18,20,27H,4,6-8,16,19H2,1-2H3. The van der Waals surface area contributed by atoms with Crippen LogP contribution in [0.4, 0.5) is 13.2 Å². The monoisotopic (exact) mass is 480 g/mol. The molecule has 2 unspecified atom stereocenters. The number of allylic oxidation sites excluding steroid dienone is 2. The van der Waals surface area contributed by atoms with E-state index in [0.29, 0.717) is 23.7 Å². The summed E-state index contributed by atoms with van der Waals surface area (Å²) in [5.74, 6) is -1.82. The van der Waals surface area contributed by atoms with Gasteiger partial charge in [-0.1, -0.05) is 48.6 Å². The summed E-state index contributed by atoms with van der Waals surface area (Å²) >= 11 is 0. The summed E-state index contributed by atoms with van der Waals surface area (Å²) in [6.45, 7) is 4.65. The second kappa shape index (κ2) is 11.6. The first kappa shape index (κ1) is 25.1. The van der Waals surface area contributed by atoms with Gasteiger partial charge in [-0.05, 0) is 80.3 Å². The smallest absolute Gasteiger partial charge is 0.201 e. The molecule has 1 saturated heterocycles. The molecule has 0 radical (unpaired) electrons. The van der Waals surface area contributed by atoms with Crippen molar-refractivity contribution in [2.45, 2.75) is 45.6 Å². The molecule has 5 heteroatoms. The molecule has 0 bridgehead atoms. The summed E-state index contributed by atoms with van der Waals surface area (Å²) < 4.78 is 54.9. The Kier molecular flexibility index (Phi) is 8.29. The summed E-state index contributed by atoms with van der Waals surface area (Å²) in [4.78, 5) is 0. The van der Waals surface area contributed by atoms with Crippen LogP contribution in [0.15, 0.2) is 66.7 Å². The molecule has 1 heterocycles. The Labute approximate surface area is 205 Å². The molecule has 4 rings (SSSR count). The van der Waals surface area contributed by atoms with Crippen LogP contribution in [0.3, 0.4) is 0 Å². The molecule has 0 saturated carbocycles. The van der Waals surface area contributed by atoms with Gasteiger partial charge in [0, 0.05) is 11.1 Å². The van der Waals surface area contributed by atoms with Crippen molar-refractivity contribution in [2.24, 2.45) is 5.92 Å². The summed E-state index contributed by atoms with van der Waals surface area (Å²) in [5, 5.41) is 0. The molecular weight excluding hydrogens is 449 g/mol. The number of rotatable bonds is 8. The lowest BCUT2D eigenvalue weighted by Gasteiger charge is -2.29. The van der Waals surface area contributed by atoms with Crippen LogP contribution >= 0.6 is 0 Å². The van der Waals surface area contributed by atoms with E-state index in [4.69, 9.17) is 9.47 Å². The van der Waals surface area contributed by atoms with E-state index in [-0.39, 0.29) is 29.8 Å². The minimum absolute atomic E-state index is 0.105. The van der Waals surface area contributed by atoms with E-state index < -0.39 is 11.6 Å². The first-order valence-electron chi connectivity index (χ1n) is 12.3. The number of ether oxygens (including phenoxy) is 2. The molecule has 0 aliphatic carbocycles. The van der Waals surface area contributed by atoms with Crippen molar-refractivity contribution in [1.29, 1.82) is 0 Å². The lowest BCUT2D eigenvalue weighted by atomic mass is 9.90. The average molecular weight is 481 g/mol. The van der Waals surface area contributed by atoms with Crippen molar-refractivity contribution in [3.05, 3.63) is 89.8 Å². The molecular formula is C30H31F3O2. The summed E-state index contributed by atoms with van der Waals surface area (Å²) in [5.41, 5.74) is 2.78. The Morgan fingerprint density at radius 3 is 2.31 bits per heavy atom. The second-order valence-electron chi connectivity index (χ2n) is 8.90. The molecule has 1 fully saturated rings. The molecule has 0 amide bonds. The van der Waals surface area contributed by atoms with E-state index >= 15 is 4.39 Å². The van der Waals surface area contributed by atoms with Gasteiger partial charge in [0.2, 0.25) is 5.82 Å². The van der Waals surface area contributed by atoms with Gasteiger partial charge in [-0.3, -0.25) is 0 Å². The maximum Gasteiger partial charge on any atom is 0.201 e. The van der Waals surface area contributed by atoms with Crippen molar-refractivity contribution >= 4 is 0 Å². The normalized spacial score (nSPS) is 18.2. The molecule has 0 aromatic heterocycles. The van der Waals surface area contributed by atoms with Gasteiger partial charge in [0.25, 0.3) is 0 Å². The van der Waals surface area contributed by atoms with E-state index in [1.165, 1.54) is 18.2 Å². The second-order valence-corrected chi connectivity index (χ2v) is 8.90. The third-order valence-electron chi connectivity index (χ3n) is 6.57. The maximum absolute atomic E-state index is 15.0. The highest BCUT2D eigenvalue weighted by molar-refractivity contribution is 5.71. The van der Waals surface area contributed by atoms with Gasteiger partial charge in [-0.25, -0.2) is 8.78 Å². The molecule has 1 aliphatic rings. The third kappa shape index (κ3) is 5.79. The lowest BCUT2D eigenvalue weighted by Crippen LogP contribution is -2.21. The van der Waals surface area contributed by atoms with E-state index in [1.54, 1.807) is 37.3 Å². The highest BCUT2D eigenvalue weighted by Crippen LogP contribution is 2.36. The van der Waals surface area contributed by atoms with Crippen molar-refractivity contribution in [3.63, 3.8) is 0 Å². The number of hydrogen-bond acceptors (Lipinski definition) is 2. The Morgan fingerprint density at radius 1 is 0.914 bits per heavy atom. The molecule has 3 aromatic carbocycles. The van der Waals surface area contributed by atoms with Gasteiger partial charge >= 0.3 is 0 Å². The van der Waals surface area contributed by atoms with Crippen molar-refractivity contribution in [2.75, 3.05) is 13.2 Å². The van der Waals surface area contributed by atoms with Crippen LogP contribution in [0.25, 0.3) is 22.3 Å². The van der Waals surface area contributed by atoms with Gasteiger partial charge in [-0.15, -0.1) is 0 Å². The molecule has 1 aliphatic heterocycles. The molecule has 184 valence electrons. The van der Waals surface area contributed by atoms with Crippen LogP contribution in [0.5, 0.6) is 5.75 Å². The zero-order valence-corrected chi connectivity index (χ0v) is 20.2. The Hall–Kier alpha value is -3.05. The molecule has 2 atom stereocenters. The van der Waals surface area contributed by atoms with E-state index in [1.807, 2.05) is 13.0 Å². The fourth-order valence-electron chi connectivity index (χ4n) is 4.61. The van der Waals surface area contributed by atoms with E-state index in [0.717, 1.165) is 36.8 Å². The van der Waals surface area contributed by atoms with Gasteiger partial charge in [-0.2, -0.15) is 4.39 Å². The summed E-state index contributed by atoms with van der Waals surface area (Å²) in [6.07, 6.45) is 8.02. The molecule has 0 N–H and O–H groups in total. The SMILES string of the molecule is CC=CCCC1CCC(c2ccc(-c3ccc(-c4ccc(OCC)c(F)c4F)cc3)cc2F)OC1. The molecule has 35 heavy (non-hydrogen) atoms. The third-order valence-corrected chi connectivity index (χ3v) is 6.57. The predicted octanol–water partition coefficient (Wildman–Crippen LogP) is 8.66. The van der Waals surface area contributed by atoms with Crippen molar-refractivity contribution < 1.29 is 22.6 Å². The molecule has 0 spiro atoms. The first-order valence-corrected chi connectivity index (χ1v) is 12.3. The van der Waals surface area contributed by atoms with Crippen LogP contribution in [0.2, 0.25) is 0 Å². The Morgan fingerprint density at radius 2 is 1.66 bits per heavy atom. The number of hydrogen-bond donors (Lipinski definition) is 0. The van der Waals surface area contributed by atoms with Gasteiger partial charge in [0.05, 0.1) is 19.3 Å². The van der Waals surface area contributed by atoms with Crippen molar-refractivity contribution in [1.82, 2.24) is 0 Å². The first-order chi connectivity index (χ1) is 17.0. The highest BCUT2D eigenvalue weighted by Gasteiger charge is 2.25. The van der Waals surface area contributed by atoms with Gasteiger partial charge < -0.3 is 9.47 Å². The fourth-order valence-corrected chi connectivity index (χ4v) is 4.61. The molecule has 3 aromatic rings. The van der Waals surface area contributed by atoms with Gasteiger partial charge in [0.15, 0.2) is 11.6 Å². The number of halogens is 3. The lowest BCUT2D eigenvalue weighted by molar-refractivity contribution is -0.0207.